The van der Waals surface area contributed by atoms with Crippen molar-refractivity contribution in [1.82, 2.24) is 4.31 Å². The van der Waals surface area contributed by atoms with E-state index >= 15 is 0 Å². The van der Waals surface area contributed by atoms with E-state index in [0.717, 1.165) is 11.1 Å². The van der Waals surface area contributed by atoms with Crippen LogP contribution in [0.4, 0.5) is 11.4 Å². The Morgan fingerprint density at radius 1 is 1.19 bits per heavy atom. The van der Waals surface area contributed by atoms with Crippen molar-refractivity contribution >= 4 is 27.3 Å². The quantitative estimate of drug-likeness (QED) is 0.638. The summed E-state index contributed by atoms with van der Waals surface area (Å²) in [5.74, 6) is -0.464. The molecule has 0 saturated heterocycles. The van der Waals surface area contributed by atoms with Crippen molar-refractivity contribution in [3.63, 3.8) is 0 Å². The van der Waals surface area contributed by atoms with E-state index in [9.17, 15) is 23.3 Å². The molecule has 0 saturated carbocycles. The molecule has 0 aromatic heterocycles. The Balaban J connectivity index is 1.82. The van der Waals surface area contributed by atoms with Crippen molar-refractivity contribution in [1.29, 1.82) is 0 Å². The summed E-state index contributed by atoms with van der Waals surface area (Å²) in [6.45, 7) is 2.30. The molecule has 3 rings (SSSR count). The minimum Gasteiger partial charge on any atom is -0.322 e. The first-order valence-electron chi connectivity index (χ1n) is 8.28. The van der Waals surface area contributed by atoms with Crippen LogP contribution < -0.4 is 5.32 Å². The number of nitrogens with zero attached hydrogens (tertiary/aromatic N) is 2. The molecule has 0 aliphatic carbocycles. The normalized spacial score (nSPS) is 14.4. The number of hydrogen-bond acceptors (Lipinski definition) is 5. The van der Waals surface area contributed by atoms with Gasteiger partial charge in [0.25, 0.3) is 11.6 Å². The van der Waals surface area contributed by atoms with Crippen LogP contribution in [0.3, 0.4) is 0 Å². The van der Waals surface area contributed by atoms with Crippen molar-refractivity contribution in [2.24, 2.45) is 0 Å². The standard InChI is InChI=1S/C18H19N3O5S/c1-12-3-4-14(10-17(12)21(23)24)18(22)19-16-6-5-13-7-8-20(27(2,25)26)11-15(13)9-16/h3-6,9-10H,7-8,11H2,1-2H3,(H,19,22). The molecule has 1 amide bonds. The summed E-state index contributed by atoms with van der Waals surface area (Å²) >= 11 is 0. The highest BCUT2D eigenvalue weighted by Gasteiger charge is 2.23. The number of benzene rings is 2. The Morgan fingerprint density at radius 3 is 2.59 bits per heavy atom. The molecule has 27 heavy (non-hydrogen) atoms. The summed E-state index contributed by atoms with van der Waals surface area (Å²) in [6, 6.07) is 9.66. The molecule has 1 aliphatic heterocycles. The average Bonchev–Trinajstić information content (AvgIpc) is 2.60. The van der Waals surface area contributed by atoms with E-state index < -0.39 is 20.9 Å². The Bertz CT molecular complexity index is 1030. The lowest BCUT2D eigenvalue weighted by molar-refractivity contribution is -0.385. The van der Waals surface area contributed by atoms with Crippen LogP contribution in [0.1, 0.15) is 27.0 Å². The zero-order chi connectivity index (χ0) is 19.8. The number of carbonyl (C=O) groups excluding carboxylic acids is 1. The minimum absolute atomic E-state index is 0.114. The van der Waals surface area contributed by atoms with Gasteiger partial charge in [-0.1, -0.05) is 12.1 Å². The number of anilines is 1. The molecule has 0 fully saturated rings. The molecule has 0 unspecified atom stereocenters. The topological polar surface area (TPSA) is 110 Å². The first kappa shape index (κ1) is 19.0. The fourth-order valence-corrected chi connectivity index (χ4v) is 3.84. The van der Waals surface area contributed by atoms with Crippen molar-refractivity contribution in [3.8, 4) is 0 Å². The first-order valence-corrected chi connectivity index (χ1v) is 10.1. The van der Waals surface area contributed by atoms with Gasteiger partial charge < -0.3 is 5.32 Å². The van der Waals surface area contributed by atoms with E-state index in [0.29, 0.717) is 24.2 Å². The number of amides is 1. The fraction of sp³-hybridized carbons (Fsp3) is 0.278. The highest BCUT2D eigenvalue weighted by molar-refractivity contribution is 7.88. The number of nitrogens with one attached hydrogen (secondary N) is 1. The van der Waals surface area contributed by atoms with Crippen LogP contribution in [0.2, 0.25) is 0 Å². The Labute approximate surface area is 157 Å². The van der Waals surface area contributed by atoms with E-state index in [-0.39, 0.29) is 17.8 Å². The third-order valence-electron chi connectivity index (χ3n) is 4.58. The number of fused-ring (bicyclic) bond motifs is 1. The lowest BCUT2D eigenvalue weighted by Crippen LogP contribution is -2.35. The van der Waals surface area contributed by atoms with Crippen molar-refractivity contribution in [2.45, 2.75) is 19.9 Å². The zero-order valence-electron chi connectivity index (χ0n) is 14.9. The number of hydrogen-bond donors (Lipinski definition) is 1. The van der Waals surface area contributed by atoms with E-state index in [1.54, 1.807) is 19.1 Å². The van der Waals surface area contributed by atoms with Gasteiger partial charge in [0, 0.05) is 36.0 Å². The van der Waals surface area contributed by atoms with Crippen molar-refractivity contribution < 1.29 is 18.1 Å². The van der Waals surface area contributed by atoms with Crippen LogP contribution in [-0.2, 0) is 23.0 Å². The highest BCUT2D eigenvalue weighted by Crippen LogP contribution is 2.25. The van der Waals surface area contributed by atoms with Gasteiger partial charge in [-0.15, -0.1) is 0 Å². The summed E-state index contributed by atoms with van der Waals surface area (Å²) < 4.78 is 24.9. The molecule has 0 atom stereocenters. The van der Waals surface area contributed by atoms with Crippen LogP contribution in [0.15, 0.2) is 36.4 Å². The van der Waals surface area contributed by atoms with Crippen LogP contribution in [0.5, 0.6) is 0 Å². The maximum Gasteiger partial charge on any atom is 0.273 e. The molecular weight excluding hydrogens is 370 g/mol. The second-order valence-electron chi connectivity index (χ2n) is 6.54. The molecule has 142 valence electrons. The number of nitro benzene ring substituents is 1. The van der Waals surface area contributed by atoms with Crippen LogP contribution >= 0.6 is 0 Å². The lowest BCUT2D eigenvalue weighted by Gasteiger charge is -2.27. The minimum atomic E-state index is -3.28. The molecule has 2 aromatic rings. The smallest absolute Gasteiger partial charge is 0.273 e. The molecular formula is C18H19N3O5S. The molecule has 8 nitrogen and oxygen atoms in total. The van der Waals surface area contributed by atoms with Gasteiger partial charge in [-0.3, -0.25) is 14.9 Å². The summed E-state index contributed by atoms with van der Waals surface area (Å²) in [4.78, 5) is 23.0. The zero-order valence-corrected chi connectivity index (χ0v) is 15.7. The third kappa shape index (κ3) is 4.15. The fourth-order valence-electron chi connectivity index (χ4n) is 3.04. The van der Waals surface area contributed by atoms with Gasteiger partial charge in [0.1, 0.15) is 0 Å². The van der Waals surface area contributed by atoms with Gasteiger partial charge in [0.2, 0.25) is 10.0 Å². The molecule has 0 bridgehead atoms. The molecule has 2 aromatic carbocycles. The van der Waals surface area contributed by atoms with E-state index in [4.69, 9.17) is 0 Å². The second kappa shape index (κ2) is 7.09. The monoisotopic (exact) mass is 389 g/mol. The number of carbonyl (C=O) groups is 1. The van der Waals surface area contributed by atoms with Gasteiger partial charge >= 0.3 is 0 Å². The van der Waals surface area contributed by atoms with Crippen molar-refractivity contribution in [3.05, 3.63) is 68.8 Å². The maximum atomic E-state index is 12.5. The highest BCUT2D eigenvalue weighted by atomic mass is 32.2. The Morgan fingerprint density at radius 2 is 1.93 bits per heavy atom. The molecule has 1 N–H and O–H groups in total. The number of nitro groups is 1. The van der Waals surface area contributed by atoms with E-state index in [2.05, 4.69) is 5.32 Å². The number of sulfonamides is 1. The average molecular weight is 389 g/mol. The molecule has 0 spiro atoms. The van der Waals surface area contributed by atoms with Gasteiger partial charge in [-0.05, 0) is 42.7 Å². The van der Waals surface area contributed by atoms with Gasteiger partial charge in [0.15, 0.2) is 0 Å². The number of aryl methyl sites for hydroxylation is 1. The summed E-state index contributed by atoms with van der Waals surface area (Å²) in [6.07, 6.45) is 1.79. The Hall–Kier alpha value is -2.78. The maximum absolute atomic E-state index is 12.5. The van der Waals surface area contributed by atoms with Crippen LogP contribution in [0.25, 0.3) is 0 Å². The predicted octanol–water partition coefficient (Wildman–Crippen LogP) is 2.47. The molecule has 9 heteroatoms. The SMILES string of the molecule is Cc1ccc(C(=O)Nc2ccc3c(c2)CN(S(C)(=O)=O)CC3)cc1[N+](=O)[O-]. The summed E-state index contributed by atoms with van der Waals surface area (Å²) in [7, 11) is -3.28. The van der Waals surface area contributed by atoms with E-state index in [1.807, 2.05) is 6.07 Å². The lowest BCUT2D eigenvalue weighted by atomic mass is 10.0. The third-order valence-corrected chi connectivity index (χ3v) is 5.83. The number of rotatable bonds is 4. The largest absolute Gasteiger partial charge is 0.322 e. The molecule has 1 heterocycles. The second-order valence-corrected chi connectivity index (χ2v) is 8.52. The summed E-state index contributed by atoms with van der Waals surface area (Å²) in [5, 5.41) is 13.8. The van der Waals surface area contributed by atoms with Gasteiger partial charge in [-0.25, -0.2) is 8.42 Å². The van der Waals surface area contributed by atoms with Crippen LogP contribution in [-0.4, -0.2) is 36.4 Å². The van der Waals surface area contributed by atoms with E-state index in [1.165, 1.54) is 28.8 Å². The Kier molecular flexibility index (Phi) is 4.99. The van der Waals surface area contributed by atoms with Crippen LogP contribution in [0, 0.1) is 17.0 Å². The first-order chi connectivity index (χ1) is 12.6. The van der Waals surface area contributed by atoms with Gasteiger partial charge in [0.05, 0.1) is 11.2 Å². The van der Waals surface area contributed by atoms with Crippen molar-refractivity contribution in [2.75, 3.05) is 18.1 Å². The summed E-state index contributed by atoms with van der Waals surface area (Å²) in [5.41, 5.74) is 2.93. The van der Waals surface area contributed by atoms with Gasteiger partial charge in [-0.2, -0.15) is 4.31 Å². The molecule has 0 radical (unpaired) electrons. The molecule has 1 aliphatic rings. The predicted molar refractivity (Wildman–Crippen MR) is 101 cm³/mol.